The molecule has 0 bridgehead atoms. The van der Waals surface area contributed by atoms with E-state index in [-0.39, 0.29) is 11.3 Å². The Morgan fingerprint density at radius 2 is 2.10 bits per heavy atom. The Bertz CT molecular complexity index is 375. The Kier molecular flexibility index (Phi) is 6.70. The first kappa shape index (κ1) is 17.0. The Morgan fingerprint density at radius 3 is 2.71 bits per heavy atom. The highest BCUT2D eigenvalue weighted by molar-refractivity contribution is 8.00. The number of carbonyl (C=O) groups is 2. The minimum absolute atomic E-state index is 0.00520. The number of aliphatic carboxylic acids is 1. The largest absolute Gasteiger partial charge is 0.480 e. The van der Waals surface area contributed by atoms with E-state index in [9.17, 15) is 14.7 Å². The van der Waals surface area contributed by atoms with Crippen LogP contribution in [0.1, 0.15) is 32.6 Å². The normalized spacial score (nSPS) is 27.0. The van der Waals surface area contributed by atoms with Crippen LogP contribution >= 0.6 is 23.5 Å². The zero-order valence-electron chi connectivity index (χ0n) is 12.4. The summed E-state index contributed by atoms with van der Waals surface area (Å²) in [6.07, 6.45) is 4.02. The number of thioether (sulfide) groups is 2. The second-order valence-electron chi connectivity index (χ2n) is 5.49. The van der Waals surface area contributed by atoms with Crippen molar-refractivity contribution in [3.63, 3.8) is 0 Å². The molecular weight excluding hydrogens is 308 g/mol. The summed E-state index contributed by atoms with van der Waals surface area (Å²) in [4.78, 5) is 25.5. The minimum Gasteiger partial charge on any atom is -0.480 e. The van der Waals surface area contributed by atoms with Gasteiger partial charge in [0, 0.05) is 11.0 Å². The second kappa shape index (κ2) is 8.29. The lowest BCUT2D eigenvalue weighted by Gasteiger charge is -2.28. The van der Waals surface area contributed by atoms with Crippen molar-refractivity contribution in [1.29, 1.82) is 0 Å². The predicted molar refractivity (Wildman–Crippen MR) is 87.8 cm³/mol. The molecular formula is C14H24N2O3S2. The third-order valence-electron chi connectivity index (χ3n) is 3.93. The third kappa shape index (κ3) is 4.53. The summed E-state index contributed by atoms with van der Waals surface area (Å²) in [5.41, 5.74) is 0. The summed E-state index contributed by atoms with van der Waals surface area (Å²) in [6, 6.07) is -0.646. The van der Waals surface area contributed by atoms with E-state index < -0.39 is 12.0 Å². The van der Waals surface area contributed by atoms with Gasteiger partial charge in [-0.3, -0.25) is 4.79 Å². The molecule has 0 saturated carbocycles. The van der Waals surface area contributed by atoms with Gasteiger partial charge in [-0.25, -0.2) is 4.79 Å². The van der Waals surface area contributed by atoms with Crippen LogP contribution in [0.5, 0.6) is 0 Å². The van der Waals surface area contributed by atoms with Crippen LogP contribution in [0.3, 0.4) is 0 Å². The Morgan fingerprint density at radius 1 is 1.38 bits per heavy atom. The molecule has 0 radical (unpaired) electrons. The molecule has 2 unspecified atom stereocenters. The number of hydrogen-bond acceptors (Lipinski definition) is 5. The van der Waals surface area contributed by atoms with Gasteiger partial charge in [-0.15, -0.1) is 23.5 Å². The van der Waals surface area contributed by atoms with Crippen LogP contribution in [0.4, 0.5) is 0 Å². The number of carboxylic acids is 1. The molecule has 2 saturated heterocycles. The monoisotopic (exact) mass is 332 g/mol. The maximum Gasteiger partial charge on any atom is 0.327 e. The van der Waals surface area contributed by atoms with Crippen molar-refractivity contribution in [1.82, 2.24) is 10.2 Å². The third-order valence-corrected chi connectivity index (χ3v) is 6.64. The number of hydrogen-bond donors (Lipinski definition) is 2. The molecule has 0 aromatic heterocycles. The van der Waals surface area contributed by atoms with Crippen molar-refractivity contribution in [2.75, 3.05) is 24.6 Å². The summed E-state index contributed by atoms with van der Waals surface area (Å²) in [7, 11) is 0. The molecule has 0 aliphatic carbocycles. The molecule has 0 aromatic rings. The summed E-state index contributed by atoms with van der Waals surface area (Å²) in [6.45, 7) is 4.10. The van der Waals surface area contributed by atoms with E-state index in [0.29, 0.717) is 16.8 Å². The van der Waals surface area contributed by atoms with E-state index >= 15 is 0 Å². The van der Waals surface area contributed by atoms with Crippen LogP contribution in [0.2, 0.25) is 0 Å². The van der Waals surface area contributed by atoms with Crippen molar-refractivity contribution in [2.24, 2.45) is 0 Å². The van der Waals surface area contributed by atoms with Gasteiger partial charge in [-0.05, 0) is 32.4 Å². The number of carboxylic acid groups (broad SMARTS) is 1. The van der Waals surface area contributed by atoms with Gasteiger partial charge >= 0.3 is 5.97 Å². The Labute approximate surface area is 134 Å². The van der Waals surface area contributed by atoms with E-state index in [1.165, 1.54) is 0 Å². The highest BCUT2D eigenvalue weighted by Gasteiger charge is 2.40. The SMILES string of the molecule is CCCC1SCC(C(=O)O)N1C(=O)CSC1CCNCC1. The summed E-state index contributed by atoms with van der Waals surface area (Å²) >= 11 is 3.30. The molecule has 21 heavy (non-hydrogen) atoms. The van der Waals surface area contributed by atoms with Crippen LogP contribution in [-0.2, 0) is 9.59 Å². The van der Waals surface area contributed by atoms with Gasteiger partial charge < -0.3 is 15.3 Å². The molecule has 1 amide bonds. The second-order valence-corrected chi connectivity index (χ2v) is 7.99. The first-order chi connectivity index (χ1) is 10.1. The fourth-order valence-electron chi connectivity index (χ4n) is 2.78. The van der Waals surface area contributed by atoms with Gasteiger partial charge in [0.1, 0.15) is 6.04 Å². The highest BCUT2D eigenvalue weighted by Crippen LogP contribution is 2.33. The van der Waals surface area contributed by atoms with Crippen molar-refractivity contribution in [3.8, 4) is 0 Å². The van der Waals surface area contributed by atoms with Crippen LogP contribution in [0.25, 0.3) is 0 Å². The summed E-state index contributed by atoms with van der Waals surface area (Å²) < 4.78 is 0. The van der Waals surface area contributed by atoms with Crippen LogP contribution in [0.15, 0.2) is 0 Å². The molecule has 0 aromatic carbocycles. The van der Waals surface area contributed by atoms with Gasteiger partial charge in [0.15, 0.2) is 0 Å². The van der Waals surface area contributed by atoms with Crippen LogP contribution in [-0.4, -0.2) is 63.1 Å². The fourth-order valence-corrected chi connectivity index (χ4v) is 5.41. The quantitative estimate of drug-likeness (QED) is 0.770. The highest BCUT2D eigenvalue weighted by atomic mass is 32.2. The molecule has 5 nitrogen and oxygen atoms in total. The zero-order valence-corrected chi connectivity index (χ0v) is 14.0. The molecule has 0 spiro atoms. The van der Waals surface area contributed by atoms with Gasteiger partial charge in [0.2, 0.25) is 5.91 Å². The minimum atomic E-state index is -0.874. The lowest BCUT2D eigenvalue weighted by atomic mass is 10.2. The zero-order chi connectivity index (χ0) is 15.2. The van der Waals surface area contributed by atoms with Crippen LogP contribution in [0, 0.1) is 0 Å². The smallest absolute Gasteiger partial charge is 0.327 e. The van der Waals surface area contributed by atoms with Gasteiger partial charge in [-0.1, -0.05) is 13.3 Å². The predicted octanol–water partition coefficient (Wildman–Crippen LogP) is 1.63. The van der Waals surface area contributed by atoms with E-state index in [4.69, 9.17) is 0 Å². The fraction of sp³-hybridized carbons (Fsp3) is 0.857. The maximum atomic E-state index is 12.5. The number of amides is 1. The topological polar surface area (TPSA) is 69.6 Å². The van der Waals surface area contributed by atoms with E-state index in [1.807, 2.05) is 0 Å². The molecule has 7 heteroatoms. The summed E-state index contributed by atoms with van der Waals surface area (Å²) in [5.74, 6) is 0.0506. The van der Waals surface area contributed by atoms with Crippen molar-refractivity contribution in [2.45, 2.75) is 49.3 Å². The van der Waals surface area contributed by atoms with E-state index in [0.717, 1.165) is 38.8 Å². The number of nitrogens with zero attached hydrogens (tertiary/aromatic N) is 1. The molecule has 2 rings (SSSR count). The van der Waals surface area contributed by atoms with Crippen molar-refractivity contribution >= 4 is 35.4 Å². The first-order valence-corrected chi connectivity index (χ1v) is 9.71. The lowest BCUT2D eigenvalue weighted by Crippen LogP contribution is -2.46. The molecule has 2 heterocycles. The molecule has 2 aliphatic heterocycles. The molecule has 2 atom stereocenters. The van der Waals surface area contributed by atoms with Crippen molar-refractivity contribution in [3.05, 3.63) is 0 Å². The lowest BCUT2D eigenvalue weighted by molar-refractivity contribution is -0.148. The molecule has 120 valence electrons. The van der Waals surface area contributed by atoms with E-state index in [1.54, 1.807) is 28.4 Å². The van der Waals surface area contributed by atoms with Gasteiger partial charge in [-0.2, -0.15) is 0 Å². The van der Waals surface area contributed by atoms with Gasteiger partial charge in [0.05, 0.1) is 11.1 Å². The Balaban J connectivity index is 1.91. The number of piperidine rings is 1. The maximum absolute atomic E-state index is 12.5. The van der Waals surface area contributed by atoms with Crippen molar-refractivity contribution < 1.29 is 14.7 Å². The average molecular weight is 332 g/mol. The molecule has 2 aliphatic rings. The number of carbonyl (C=O) groups excluding carboxylic acids is 1. The number of nitrogens with one attached hydrogen (secondary N) is 1. The Hall–Kier alpha value is -0.400. The first-order valence-electron chi connectivity index (χ1n) is 7.61. The molecule has 2 N–H and O–H groups in total. The number of rotatable bonds is 6. The average Bonchev–Trinajstić information content (AvgIpc) is 2.90. The van der Waals surface area contributed by atoms with E-state index in [2.05, 4.69) is 12.2 Å². The molecule has 2 fully saturated rings. The standard InChI is InChI=1S/C14H24N2O3S2/c1-2-3-13-16(11(8-21-13)14(18)19)12(17)9-20-10-4-6-15-7-5-10/h10-11,13,15H,2-9H2,1H3,(H,18,19). The van der Waals surface area contributed by atoms with Crippen LogP contribution < -0.4 is 5.32 Å². The van der Waals surface area contributed by atoms with Gasteiger partial charge in [0.25, 0.3) is 0 Å². The summed E-state index contributed by atoms with van der Waals surface area (Å²) in [5, 5.41) is 13.2.